The first-order chi connectivity index (χ1) is 11.9. The van der Waals surface area contributed by atoms with E-state index in [4.69, 9.17) is 19.0 Å². The minimum atomic E-state index is -4.56. The van der Waals surface area contributed by atoms with Gasteiger partial charge in [0.05, 0.1) is 6.61 Å². The third-order valence-corrected chi connectivity index (χ3v) is 6.34. The molecule has 4 aliphatic carbocycles. The Kier molecular flexibility index (Phi) is 4.43. The lowest BCUT2D eigenvalue weighted by atomic mass is 9.54. The first-order valence-corrected chi connectivity index (χ1v) is 10.7. The molecule has 136 valence electrons. The van der Waals surface area contributed by atoms with Gasteiger partial charge in [0.1, 0.15) is 11.5 Å². The molecule has 0 amide bonds. The van der Waals surface area contributed by atoms with Gasteiger partial charge in [0, 0.05) is 5.56 Å². The fourth-order valence-corrected chi connectivity index (χ4v) is 5.76. The van der Waals surface area contributed by atoms with E-state index in [-0.39, 0.29) is 5.75 Å². The van der Waals surface area contributed by atoms with Crippen LogP contribution in [0.4, 0.5) is 0 Å². The highest BCUT2D eigenvalue weighted by Crippen LogP contribution is 2.58. The number of hydrogen-bond donors (Lipinski definition) is 2. The number of hydrogen-bond acceptors (Lipinski definition) is 3. The number of ether oxygens (including phenoxy) is 1. The minimum Gasteiger partial charge on any atom is -0.493 e. The Hall–Kier alpha value is -1.29. The number of phosphoric ester groups is 1. The quantitative estimate of drug-likeness (QED) is 0.600. The van der Waals surface area contributed by atoms with Crippen LogP contribution in [0.3, 0.4) is 0 Å². The second kappa shape index (κ2) is 6.46. The maximum atomic E-state index is 11.1. The average Bonchev–Trinajstić information content (AvgIpc) is 2.51. The lowest BCUT2D eigenvalue weighted by molar-refractivity contribution is 0.0668. The van der Waals surface area contributed by atoms with E-state index >= 15 is 0 Å². The lowest BCUT2D eigenvalue weighted by Gasteiger charge is -2.51. The Morgan fingerprint density at radius 3 is 2.32 bits per heavy atom. The Balaban J connectivity index is 1.72. The van der Waals surface area contributed by atoms with E-state index < -0.39 is 7.82 Å². The molecule has 4 bridgehead atoms. The smallest absolute Gasteiger partial charge is 0.493 e. The molecule has 6 heteroatoms. The monoisotopic (exact) mass is 364 g/mol. The second-order valence-corrected chi connectivity index (χ2v) is 8.80. The standard InChI is InChI=1S/C19H25O5P/c1-2-23-19(14-4-3-5-17(11-14)24-25(20,21)22)18-15-7-12-6-13(9-15)10-16(18)8-12/h3-5,11-13,15-16H,2,6-10H2,1H3,(H2,20,21,22). The zero-order valence-electron chi connectivity index (χ0n) is 14.4. The van der Waals surface area contributed by atoms with Crippen LogP contribution in [-0.2, 0) is 9.30 Å². The van der Waals surface area contributed by atoms with Crippen LogP contribution < -0.4 is 4.52 Å². The molecule has 0 aromatic heterocycles. The molecule has 0 radical (unpaired) electrons. The van der Waals surface area contributed by atoms with Gasteiger partial charge in [-0.05, 0) is 80.4 Å². The second-order valence-electron chi connectivity index (χ2n) is 7.63. The van der Waals surface area contributed by atoms with Crippen LogP contribution in [0.25, 0.3) is 5.76 Å². The van der Waals surface area contributed by atoms with Crippen LogP contribution in [0.1, 0.15) is 44.6 Å². The van der Waals surface area contributed by atoms with Crippen LogP contribution in [0.5, 0.6) is 5.75 Å². The molecule has 0 atom stereocenters. The summed E-state index contributed by atoms with van der Waals surface area (Å²) < 4.78 is 22.0. The zero-order valence-corrected chi connectivity index (χ0v) is 15.3. The van der Waals surface area contributed by atoms with Crippen molar-refractivity contribution in [1.82, 2.24) is 0 Å². The summed E-state index contributed by atoms with van der Waals surface area (Å²) in [5, 5.41) is 0. The van der Waals surface area contributed by atoms with Gasteiger partial charge in [-0.15, -0.1) is 0 Å². The molecule has 4 aliphatic rings. The van der Waals surface area contributed by atoms with Crippen molar-refractivity contribution in [2.45, 2.75) is 39.0 Å². The number of rotatable bonds is 5. The summed E-state index contributed by atoms with van der Waals surface area (Å²) in [6.45, 7) is 2.56. The minimum absolute atomic E-state index is 0.174. The third kappa shape index (κ3) is 3.51. The van der Waals surface area contributed by atoms with Crippen LogP contribution in [-0.4, -0.2) is 16.4 Å². The van der Waals surface area contributed by atoms with E-state index in [2.05, 4.69) is 0 Å². The van der Waals surface area contributed by atoms with Crippen LogP contribution in [0, 0.1) is 23.7 Å². The highest BCUT2D eigenvalue weighted by molar-refractivity contribution is 7.46. The van der Waals surface area contributed by atoms with Gasteiger partial charge in [0.15, 0.2) is 0 Å². The largest absolute Gasteiger partial charge is 0.524 e. The summed E-state index contributed by atoms with van der Waals surface area (Å²) in [6, 6.07) is 6.95. The van der Waals surface area contributed by atoms with Crippen molar-refractivity contribution in [3.63, 3.8) is 0 Å². The van der Waals surface area contributed by atoms with Gasteiger partial charge in [0.25, 0.3) is 0 Å². The molecule has 5 nitrogen and oxygen atoms in total. The van der Waals surface area contributed by atoms with Gasteiger partial charge in [-0.2, -0.15) is 0 Å². The summed E-state index contributed by atoms with van der Waals surface area (Å²) in [5.74, 6) is 4.03. The first kappa shape index (κ1) is 17.1. The van der Waals surface area contributed by atoms with E-state index in [1.807, 2.05) is 13.0 Å². The number of benzene rings is 1. The lowest BCUT2D eigenvalue weighted by Crippen LogP contribution is -2.41. The maximum absolute atomic E-state index is 11.1. The van der Waals surface area contributed by atoms with Gasteiger partial charge in [0.2, 0.25) is 0 Å². The average molecular weight is 364 g/mol. The molecule has 4 fully saturated rings. The summed E-state index contributed by atoms with van der Waals surface area (Å²) in [4.78, 5) is 18.1. The Morgan fingerprint density at radius 2 is 1.76 bits per heavy atom. The molecule has 0 saturated heterocycles. The van der Waals surface area contributed by atoms with Crippen LogP contribution in [0.15, 0.2) is 29.8 Å². The van der Waals surface area contributed by atoms with Crippen molar-refractivity contribution in [3.05, 3.63) is 35.4 Å². The fraction of sp³-hybridized carbons (Fsp3) is 0.579. The molecule has 0 unspecified atom stereocenters. The van der Waals surface area contributed by atoms with Gasteiger partial charge in [-0.3, -0.25) is 9.79 Å². The van der Waals surface area contributed by atoms with Crippen molar-refractivity contribution in [2.24, 2.45) is 23.7 Å². The van der Waals surface area contributed by atoms with E-state index in [0.717, 1.165) is 23.2 Å². The molecule has 25 heavy (non-hydrogen) atoms. The van der Waals surface area contributed by atoms with Crippen LogP contribution >= 0.6 is 7.82 Å². The summed E-state index contributed by atoms with van der Waals surface area (Å²) in [6.07, 6.45) is 6.44. The summed E-state index contributed by atoms with van der Waals surface area (Å²) >= 11 is 0. The highest BCUT2D eigenvalue weighted by Gasteiger charge is 2.46. The fourth-order valence-electron chi connectivity index (χ4n) is 5.37. The molecule has 1 aromatic carbocycles. The molecule has 1 aromatic rings. The Morgan fingerprint density at radius 1 is 1.12 bits per heavy atom. The van der Waals surface area contributed by atoms with Gasteiger partial charge < -0.3 is 9.26 Å². The topological polar surface area (TPSA) is 76.0 Å². The number of allylic oxidation sites excluding steroid dienone is 1. The maximum Gasteiger partial charge on any atom is 0.524 e. The molecule has 0 heterocycles. The molecule has 2 N–H and O–H groups in total. The van der Waals surface area contributed by atoms with Crippen molar-refractivity contribution < 1.29 is 23.6 Å². The van der Waals surface area contributed by atoms with Crippen molar-refractivity contribution >= 4 is 13.6 Å². The van der Waals surface area contributed by atoms with E-state index in [0.29, 0.717) is 18.4 Å². The molecule has 0 spiro atoms. The highest BCUT2D eigenvalue weighted by atomic mass is 31.2. The summed E-state index contributed by atoms with van der Waals surface area (Å²) in [5.41, 5.74) is 2.29. The predicted octanol–water partition coefficient (Wildman–Crippen LogP) is 4.36. The zero-order chi connectivity index (χ0) is 17.6. The Bertz CT molecular complexity index is 705. The first-order valence-electron chi connectivity index (χ1n) is 9.15. The molecule has 4 saturated carbocycles. The van der Waals surface area contributed by atoms with Crippen molar-refractivity contribution in [2.75, 3.05) is 6.61 Å². The van der Waals surface area contributed by atoms with E-state index in [1.165, 1.54) is 37.7 Å². The normalized spacial score (nSPS) is 30.4. The van der Waals surface area contributed by atoms with E-state index in [9.17, 15) is 4.57 Å². The van der Waals surface area contributed by atoms with Crippen LogP contribution in [0.2, 0.25) is 0 Å². The van der Waals surface area contributed by atoms with Crippen molar-refractivity contribution in [3.8, 4) is 5.75 Å². The predicted molar refractivity (Wildman–Crippen MR) is 94.7 cm³/mol. The SMILES string of the molecule is CCOC(=C1C2CC3CC(C2)CC1C3)c1cccc(OP(=O)(O)O)c1. The van der Waals surface area contributed by atoms with Crippen molar-refractivity contribution in [1.29, 1.82) is 0 Å². The molecular weight excluding hydrogens is 339 g/mol. The van der Waals surface area contributed by atoms with Gasteiger partial charge in [-0.1, -0.05) is 12.1 Å². The number of phosphoric acid groups is 1. The Labute approximate surface area is 148 Å². The molecule has 5 rings (SSSR count). The molecular formula is C19H25O5P. The third-order valence-electron chi connectivity index (χ3n) is 5.89. The van der Waals surface area contributed by atoms with E-state index in [1.54, 1.807) is 18.2 Å². The van der Waals surface area contributed by atoms with Gasteiger partial charge >= 0.3 is 7.82 Å². The summed E-state index contributed by atoms with van der Waals surface area (Å²) in [7, 11) is -4.56. The van der Waals surface area contributed by atoms with Gasteiger partial charge in [-0.25, -0.2) is 4.57 Å². The molecule has 0 aliphatic heterocycles.